The Hall–Kier alpha value is -2.34. The lowest BCUT2D eigenvalue weighted by atomic mass is 10.1. The van der Waals surface area contributed by atoms with Crippen LogP contribution >= 0.6 is 11.6 Å². The largest absolute Gasteiger partial charge is 0.487 e. The Balaban J connectivity index is 2.19. The van der Waals surface area contributed by atoms with E-state index in [-0.39, 0.29) is 12.3 Å². The molecule has 1 aromatic heterocycles. The van der Waals surface area contributed by atoms with Crippen molar-refractivity contribution in [3.05, 3.63) is 57.4 Å². The van der Waals surface area contributed by atoms with Crippen LogP contribution in [0, 0.1) is 10.1 Å². The minimum absolute atomic E-state index is 0.0202. The third kappa shape index (κ3) is 3.36. The van der Waals surface area contributed by atoms with Crippen molar-refractivity contribution >= 4 is 23.0 Å². The number of ether oxygens (including phenoxy) is 1. The summed E-state index contributed by atoms with van der Waals surface area (Å²) in [7, 11) is 1.74. The van der Waals surface area contributed by atoms with Gasteiger partial charge in [-0.05, 0) is 6.07 Å². The summed E-state index contributed by atoms with van der Waals surface area (Å²) in [4.78, 5) is 14.3. The fraction of sp³-hybridized carbons (Fsp3) is 0.154. The summed E-state index contributed by atoms with van der Waals surface area (Å²) in [6, 6.07) is 6.19. The molecule has 104 valence electrons. The number of hydrogen-bond acceptors (Lipinski definition) is 5. The lowest BCUT2D eigenvalue weighted by Crippen LogP contribution is -2.02. The molecule has 0 aliphatic rings. The molecule has 0 fully saturated rings. The molecule has 1 heterocycles. The van der Waals surface area contributed by atoms with E-state index in [0.29, 0.717) is 16.3 Å². The third-order valence-electron chi connectivity index (χ3n) is 2.64. The monoisotopic (exact) mass is 293 g/mol. The second-order valence-corrected chi connectivity index (χ2v) is 4.41. The quantitative estimate of drug-likeness (QED) is 0.676. The number of nitro benzene ring substituents is 1. The second kappa shape index (κ2) is 6.21. The van der Waals surface area contributed by atoms with Crippen LogP contribution in [0.15, 0.2) is 36.7 Å². The molecule has 1 N–H and O–H groups in total. The minimum atomic E-state index is -0.441. The van der Waals surface area contributed by atoms with Gasteiger partial charge in [-0.25, -0.2) is 0 Å². The summed E-state index contributed by atoms with van der Waals surface area (Å²) in [6.45, 7) is 0.180. The highest BCUT2D eigenvalue weighted by Crippen LogP contribution is 2.24. The Morgan fingerprint density at radius 2 is 2.20 bits per heavy atom. The van der Waals surface area contributed by atoms with Crippen LogP contribution in [-0.2, 0) is 6.61 Å². The van der Waals surface area contributed by atoms with Crippen molar-refractivity contribution in [2.45, 2.75) is 6.61 Å². The van der Waals surface area contributed by atoms with Crippen molar-refractivity contribution in [2.24, 2.45) is 0 Å². The van der Waals surface area contributed by atoms with Crippen LogP contribution < -0.4 is 10.1 Å². The molecule has 0 atom stereocenters. The lowest BCUT2D eigenvalue weighted by molar-refractivity contribution is -0.384. The number of hydrogen-bond donors (Lipinski definition) is 1. The van der Waals surface area contributed by atoms with Crippen molar-refractivity contribution < 1.29 is 9.66 Å². The Labute approximate surface area is 120 Å². The lowest BCUT2D eigenvalue weighted by Gasteiger charge is -2.10. The highest BCUT2D eigenvalue weighted by Gasteiger charge is 2.10. The van der Waals surface area contributed by atoms with Crippen molar-refractivity contribution in [3.63, 3.8) is 0 Å². The van der Waals surface area contributed by atoms with Gasteiger partial charge in [0.15, 0.2) is 0 Å². The molecule has 0 spiro atoms. The van der Waals surface area contributed by atoms with E-state index < -0.39 is 4.92 Å². The summed E-state index contributed by atoms with van der Waals surface area (Å²) in [5.74, 6) is 0.506. The van der Waals surface area contributed by atoms with E-state index in [0.717, 1.165) is 5.69 Å². The van der Waals surface area contributed by atoms with E-state index in [9.17, 15) is 10.1 Å². The van der Waals surface area contributed by atoms with Gasteiger partial charge in [0.1, 0.15) is 12.4 Å². The number of rotatable bonds is 5. The van der Waals surface area contributed by atoms with Gasteiger partial charge in [0.2, 0.25) is 0 Å². The van der Waals surface area contributed by atoms with Crippen LogP contribution in [0.1, 0.15) is 5.56 Å². The Bertz CT molecular complexity index is 634. The van der Waals surface area contributed by atoms with Gasteiger partial charge in [0.05, 0.1) is 16.1 Å². The Kier molecular flexibility index (Phi) is 4.37. The topological polar surface area (TPSA) is 77.3 Å². The summed E-state index contributed by atoms with van der Waals surface area (Å²) in [6.07, 6.45) is 3.03. The van der Waals surface area contributed by atoms with Crippen molar-refractivity contribution in [1.82, 2.24) is 4.98 Å². The molecule has 0 saturated heterocycles. The molecule has 0 radical (unpaired) electrons. The number of anilines is 1. The molecular weight excluding hydrogens is 282 g/mol. The van der Waals surface area contributed by atoms with Gasteiger partial charge in [-0.15, -0.1) is 0 Å². The fourth-order valence-electron chi connectivity index (χ4n) is 1.69. The van der Waals surface area contributed by atoms with Gasteiger partial charge in [0.25, 0.3) is 5.69 Å². The van der Waals surface area contributed by atoms with E-state index in [4.69, 9.17) is 16.3 Å². The first-order valence-corrected chi connectivity index (χ1v) is 6.16. The molecular formula is C13H12ClN3O3. The normalized spacial score (nSPS) is 10.1. The molecule has 0 bridgehead atoms. The number of nitrogens with zero attached hydrogens (tertiary/aromatic N) is 2. The minimum Gasteiger partial charge on any atom is -0.487 e. The number of halogens is 1. The summed E-state index contributed by atoms with van der Waals surface area (Å²) in [5.41, 5.74) is 1.47. The second-order valence-electron chi connectivity index (χ2n) is 3.98. The maximum atomic E-state index is 10.8. The van der Waals surface area contributed by atoms with Crippen LogP contribution in [0.3, 0.4) is 0 Å². The molecule has 0 amide bonds. The number of aromatic nitrogens is 1. The Morgan fingerprint density at radius 3 is 2.85 bits per heavy atom. The summed E-state index contributed by atoms with van der Waals surface area (Å²) < 4.78 is 5.54. The number of nitrogens with one attached hydrogen (secondary N) is 1. The average molecular weight is 294 g/mol. The standard InChI is InChI=1S/C13H12ClN3O3/c1-15-13-3-2-11(17(18)19)4-9(13)8-20-12-5-10(14)6-16-7-12/h2-7,15H,8H2,1H3. The highest BCUT2D eigenvalue weighted by atomic mass is 35.5. The van der Waals surface area contributed by atoms with Crippen LogP contribution in [-0.4, -0.2) is 17.0 Å². The zero-order chi connectivity index (χ0) is 14.5. The molecule has 0 aliphatic carbocycles. The SMILES string of the molecule is CNc1ccc([N+](=O)[O-])cc1COc1cncc(Cl)c1. The third-order valence-corrected chi connectivity index (χ3v) is 2.85. The van der Waals surface area contributed by atoms with E-state index in [1.54, 1.807) is 19.2 Å². The number of pyridine rings is 1. The number of non-ortho nitro benzene ring substituents is 1. The van der Waals surface area contributed by atoms with E-state index in [1.165, 1.54) is 24.5 Å². The smallest absolute Gasteiger partial charge is 0.269 e. The molecule has 1 aromatic carbocycles. The zero-order valence-corrected chi connectivity index (χ0v) is 11.4. The Morgan fingerprint density at radius 1 is 1.40 bits per heavy atom. The van der Waals surface area contributed by atoms with Gasteiger partial charge >= 0.3 is 0 Å². The van der Waals surface area contributed by atoms with Crippen molar-refractivity contribution in [1.29, 1.82) is 0 Å². The summed E-state index contributed by atoms with van der Waals surface area (Å²) >= 11 is 5.81. The molecule has 6 nitrogen and oxygen atoms in total. The molecule has 0 saturated carbocycles. The van der Waals surface area contributed by atoms with E-state index in [2.05, 4.69) is 10.3 Å². The van der Waals surface area contributed by atoms with Gasteiger partial charge in [-0.1, -0.05) is 11.6 Å². The molecule has 2 aromatic rings. The maximum Gasteiger partial charge on any atom is 0.269 e. The van der Waals surface area contributed by atoms with Crippen LogP contribution in [0.4, 0.5) is 11.4 Å². The molecule has 0 aliphatic heterocycles. The molecule has 20 heavy (non-hydrogen) atoms. The highest BCUT2D eigenvalue weighted by molar-refractivity contribution is 6.30. The van der Waals surface area contributed by atoms with Gasteiger partial charge in [-0.2, -0.15) is 0 Å². The van der Waals surface area contributed by atoms with Gasteiger partial charge < -0.3 is 10.1 Å². The first kappa shape index (κ1) is 14.1. The van der Waals surface area contributed by atoms with E-state index >= 15 is 0 Å². The molecule has 7 heteroatoms. The first-order chi connectivity index (χ1) is 9.60. The first-order valence-electron chi connectivity index (χ1n) is 5.78. The van der Waals surface area contributed by atoms with Gasteiger partial charge in [-0.3, -0.25) is 15.1 Å². The predicted octanol–water partition coefficient (Wildman–Crippen LogP) is 3.26. The number of benzene rings is 1. The zero-order valence-electron chi connectivity index (χ0n) is 10.7. The molecule has 2 rings (SSSR count). The van der Waals surface area contributed by atoms with Crippen LogP contribution in [0.5, 0.6) is 5.75 Å². The average Bonchev–Trinajstić information content (AvgIpc) is 2.44. The van der Waals surface area contributed by atoms with E-state index in [1.807, 2.05) is 0 Å². The fourth-order valence-corrected chi connectivity index (χ4v) is 1.85. The van der Waals surface area contributed by atoms with Gasteiger partial charge in [0, 0.05) is 42.7 Å². The maximum absolute atomic E-state index is 10.8. The van der Waals surface area contributed by atoms with Crippen LogP contribution in [0.25, 0.3) is 0 Å². The van der Waals surface area contributed by atoms with Crippen molar-refractivity contribution in [2.75, 3.05) is 12.4 Å². The predicted molar refractivity (Wildman–Crippen MR) is 76.2 cm³/mol. The van der Waals surface area contributed by atoms with Crippen LogP contribution in [0.2, 0.25) is 5.02 Å². The number of nitro groups is 1. The van der Waals surface area contributed by atoms with Crippen molar-refractivity contribution in [3.8, 4) is 5.75 Å². The summed E-state index contributed by atoms with van der Waals surface area (Å²) in [5, 5.41) is 14.2. The molecule has 0 unspecified atom stereocenters.